The summed E-state index contributed by atoms with van der Waals surface area (Å²) in [6.45, 7) is 0.303. The highest BCUT2D eigenvalue weighted by Gasteiger charge is 2.14. The van der Waals surface area contributed by atoms with Crippen LogP contribution in [0.3, 0.4) is 0 Å². The average Bonchev–Trinajstić information content (AvgIpc) is 2.95. The van der Waals surface area contributed by atoms with Crippen molar-refractivity contribution >= 4 is 27.3 Å². The van der Waals surface area contributed by atoms with Crippen LogP contribution in [0.4, 0.5) is 0 Å². The van der Waals surface area contributed by atoms with Gasteiger partial charge in [-0.1, -0.05) is 18.2 Å². The van der Waals surface area contributed by atoms with Crippen LogP contribution in [-0.2, 0) is 16.6 Å². The zero-order chi connectivity index (χ0) is 14.6. The lowest BCUT2D eigenvalue weighted by atomic mass is 10.2. The van der Waals surface area contributed by atoms with Crippen molar-refractivity contribution in [3.8, 4) is 0 Å². The van der Waals surface area contributed by atoms with E-state index in [0.717, 1.165) is 16.2 Å². The van der Waals surface area contributed by atoms with Gasteiger partial charge in [-0.25, -0.2) is 13.1 Å². The minimum absolute atomic E-state index is 0.183. The molecule has 0 saturated carbocycles. The van der Waals surface area contributed by atoms with Crippen LogP contribution in [0.1, 0.15) is 15.2 Å². The zero-order valence-corrected chi connectivity index (χ0v) is 12.4. The maximum absolute atomic E-state index is 11.8. The number of nitrogens with one attached hydrogen (secondary N) is 2. The maximum atomic E-state index is 11.8. The first-order valence-electron chi connectivity index (χ1n) is 5.88. The van der Waals surface area contributed by atoms with E-state index in [1.807, 2.05) is 6.07 Å². The van der Waals surface area contributed by atoms with Crippen molar-refractivity contribution in [2.75, 3.05) is 7.05 Å². The molecule has 1 aromatic heterocycles. The molecule has 2 rings (SSSR count). The van der Waals surface area contributed by atoms with Gasteiger partial charge in [0.2, 0.25) is 10.0 Å². The molecule has 20 heavy (non-hydrogen) atoms. The van der Waals surface area contributed by atoms with Crippen LogP contribution in [0.25, 0.3) is 0 Å². The fourth-order valence-corrected chi connectivity index (χ4v) is 3.69. The lowest BCUT2D eigenvalue weighted by Gasteiger charge is -2.03. The average molecular weight is 310 g/mol. The lowest BCUT2D eigenvalue weighted by molar-refractivity contribution is 0.0951. The van der Waals surface area contributed by atoms with E-state index in [1.165, 1.54) is 13.1 Å². The normalized spacial score (nSPS) is 11.2. The second-order valence-electron chi connectivity index (χ2n) is 3.98. The van der Waals surface area contributed by atoms with E-state index in [4.69, 9.17) is 0 Å². The Labute approximate surface area is 121 Å². The van der Waals surface area contributed by atoms with Crippen LogP contribution in [0, 0.1) is 0 Å². The highest BCUT2D eigenvalue weighted by molar-refractivity contribution is 7.91. The molecule has 0 aliphatic carbocycles. The van der Waals surface area contributed by atoms with Gasteiger partial charge in [-0.3, -0.25) is 4.79 Å². The molecule has 0 bridgehead atoms. The van der Waals surface area contributed by atoms with E-state index in [0.29, 0.717) is 12.1 Å². The molecular formula is C13H14N2O3S2. The molecule has 7 heteroatoms. The molecule has 5 nitrogen and oxygen atoms in total. The summed E-state index contributed by atoms with van der Waals surface area (Å²) in [6, 6.07) is 12.1. The molecule has 0 radical (unpaired) electrons. The Morgan fingerprint density at radius 1 is 1.15 bits per heavy atom. The maximum Gasteiger partial charge on any atom is 0.251 e. The number of benzene rings is 1. The predicted molar refractivity (Wildman–Crippen MR) is 78.2 cm³/mol. The summed E-state index contributed by atoms with van der Waals surface area (Å²) in [5.74, 6) is -0.183. The molecule has 1 amide bonds. The van der Waals surface area contributed by atoms with Crippen molar-refractivity contribution in [3.63, 3.8) is 0 Å². The van der Waals surface area contributed by atoms with Crippen molar-refractivity contribution in [2.45, 2.75) is 10.8 Å². The molecule has 0 unspecified atom stereocenters. The number of rotatable bonds is 5. The Hall–Kier alpha value is -1.70. The van der Waals surface area contributed by atoms with Crippen LogP contribution < -0.4 is 10.0 Å². The van der Waals surface area contributed by atoms with Gasteiger partial charge in [-0.05, 0) is 31.3 Å². The zero-order valence-electron chi connectivity index (χ0n) is 10.8. The van der Waals surface area contributed by atoms with Crippen LogP contribution >= 0.6 is 11.3 Å². The third-order valence-corrected chi connectivity index (χ3v) is 5.62. The van der Waals surface area contributed by atoms with E-state index in [2.05, 4.69) is 10.0 Å². The summed E-state index contributed by atoms with van der Waals surface area (Å²) >= 11 is 1.14. The van der Waals surface area contributed by atoms with Gasteiger partial charge in [0.1, 0.15) is 4.21 Å². The van der Waals surface area contributed by atoms with Crippen molar-refractivity contribution in [2.24, 2.45) is 0 Å². The number of hydrogen-bond donors (Lipinski definition) is 2. The Bertz CT molecular complexity index is 693. The second kappa shape index (κ2) is 6.17. The molecule has 0 spiro atoms. The molecule has 2 N–H and O–H groups in total. The lowest BCUT2D eigenvalue weighted by Crippen LogP contribution is -2.22. The fraction of sp³-hybridized carbons (Fsp3) is 0.154. The third kappa shape index (κ3) is 3.44. The number of sulfonamides is 1. The first-order chi connectivity index (χ1) is 9.53. The van der Waals surface area contributed by atoms with Gasteiger partial charge in [0.05, 0.1) is 6.54 Å². The number of amides is 1. The van der Waals surface area contributed by atoms with Gasteiger partial charge in [0.25, 0.3) is 5.91 Å². The summed E-state index contributed by atoms with van der Waals surface area (Å²) in [4.78, 5) is 12.6. The largest absolute Gasteiger partial charge is 0.347 e. The van der Waals surface area contributed by atoms with Gasteiger partial charge < -0.3 is 5.32 Å². The highest BCUT2D eigenvalue weighted by Crippen LogP contribution is 2.21. The second-order valence-corrected chi connectivity index (χ2v) is 7.26. The number of hydrogen-bond acceptors (Lipinski definition) is 4. The molecule has 0 saturated heterocycles. The van der Waals surface area contributed by atoms with E-state index >= 15 is 0 Å². The molecule has 0 aliphatic heterocycles. The molecule has 1 aromatic carbocycles. The quantitative estimate of drug-likeness (QED) is 0.880. The van der Waals surface area contributed by atoms with E-state index in [-0.39, 0.29) is 10.1 Å². The highest BCUT2D eigenvalue weighted by atomic mass is 32.2. The van der Waals surface area contributed by atoms with Gasteiger partial charge in [-0.2, -0.15) is 0 Å². The van der Waals surface area contributed by atoms with Crippen LogP contribution in [0.5, 0.6) is 0 Å². The third-order valence-electron chi connectivity index (χ3n) is 2.63. The number of carbonyl (C=O) groups is 1. The number of thiophene rings is 1. The first-order valence-corrected chi connectivity index (χ1v) is 8.18. The molecule has 0 atom stereocenters. The molecule has 1 heterocycles. The Balaban J connectivity index is 2.00. The van der Waals surface area contributed by atoms with Crippen molar-refractivity contribution in [3.05, 3.63) is 52.9 Å². The Kier molecular flexibility index (Phi) is 4.53. The van der Waals surface area contributed by atoms with Gasteiger partial charge in [-0.15, -0.1) is 11.3 Å². The van der Waals surface area contributed by atoms with Gasteiger partial charge >= 0.3 is 0 Å². The Morgan fingerprint density at radius 2 is 1.85 bits per heavy atom. The standard InChI is InChI=1S/C13H14N2O3S2/c1-14-20(17,18)12-8-7-11(19-12)9-15-13(16)10-5-3-2-4-6-10/h2-8,14H,9H2,1H3,(H,15,16). The molecular weight excluding hydrogens is 296 g/mol. The molecule has 0 aliphatic rings. The summed E-state index contributed by atoms with van der Waals surface area (Å²) in [5, 5.41) is 2.75. The van der Waals surface area contributed by atoms with Crippen LogP contribution in [0.15, 0.2) is 46.7 Å². The van der Waals surface area contributed by atoms with Gasteiger partial charge in [0, 0.05) is 10.4 Å². The summed E-state index contributed by atoms with van der Waals surface area (Å²) in [5.41, 5.74) is 0.576. The Morgan fingerprint density at radius 3 is 2.50 bits per heavy atom. The summed E-state index contributed by atoms with van der Waals surface area (Å²) < 4.78 is 25.7. The molecule has 106 valence electrons. The topological polar surface area (TPSA) is 75.3 Å². The van der Waals surface area contributed by atoms with E-state index in [9.17, 15) is 13.2 Å². The minimum Gasteiger partial charge on any atom is -0.347 e. The fourth-order valence-electron chi connectivity index (χ4n) is 1.56. The monoisotopic (exact) mass is 310 g/mol. The van der Waals surface area contributed by atoms with Crippen LogP contribution in [0.2, 0.25) is 0 Å². The van der Waals surface area contributed by atoms with Gasteiger partial charge in [0.15, 0.2) is 0 Å². The minimum atomic E-state index is -3.41. The van der Waals surface area contributed by atoms with Crippen molar-refractivity contribution < 1.29 is 13.2 Å². The van der Waals surface area contributed by atoms with Crippen molar-refractivity contribution in [1.29, 1.82) is 0 Å². The van der Waals surface area contributed by atoms with Crippen molar-refractivity contribution in [1.82, 2.24) is 10.0 Å². The van der Waals surface area contributed by atoms with Crippen LogP contribution in [-0.4, -0.2) is 21.4 Å². The first kappa shape index (κ1) is 14.7. The predicted octanol–water partition coefficient (Wildman–Crippen LogP) is 1.59. The summed E-state index contributed by atoms with van der Waals surface area (Å²) in [7, 11) is -2.05. The smallest absolute Gasteiger partial charge is 0.251 e. The number of carbonyl (C=O) groups excluding carboxylic acids is 1. The van der Waals surface area contributed by atoms with E-state index in [1.54, 1.807) is 30.3 Å². The SMILES string of the molecule is CNS(=O)(=O)c1ccc(CNC(=O)c2ccccc2)s1. The summed E-state index contributed by atoms with van der Waals surface area (Å²) in [6.07, 6.45) is 0. The van der Waals surface area contributed by atoms with E-state index < -0.39 is 10.0 Å². The molecule has 2 aromatic rings. The molecule has 0 fully saturated rings.